The average Bonchev–Trinajstić information content (AvgIpc) is 3.25. The van der Waals surface area contributed by atoms with Gasteiger partial charge in [-0.3, -0.25) is 4.79 Å². The fourth-order valence-corrected chi connectivity index (χ4v) is 5.55. The zero-order chi connectivity index (χ0) is 18.8. The number of para-hydroxylation sites is 1. The van der Waals surface area contributed by atoms with Crippen LogP contribution in [0.3, 0.4) is 0 Å². The van der Waals surface area contributed by atoms with Gasteiger partial charge in [0.15, 0.2) is 5.69 Å². The van der Waals surface area contributed by atoms with Crippen molar-refractivity contribution in [1.82, 2.24) is 14.7 Å². The maximum Gasteiger partial charge on any atom is 0.274 e. The number of aromatic nitrogens is 2. The molecule has 27 heavy (non-hydrogen) atoms. The fraction of sp³-hybridized carbons (Fsp3) is 0.545. The molecular formula is C22H27N3O2. The first-order chi connectivity index (χ1) is 12.9. The first-order valence-corrected chi connectivity index (χ1v) is 10.0. The van der Waals surface area contributed by atoms with E-state index in [-0.39, 0.29) is 16.7 Å². The summed E-state index contributed by atoms with van der Waals surface area (Å²) in [6, 6.07) is 10.3. The molecule has 1 amide bonds. The summed E-state index contributed by atoms with van der Waals surface area (Å²) in [7, 11) is 0. The van der Waals surface area contributed by atoms with Crippen LogP contribution in [-0.4, -0.2) is 46.9 Å². The molecule has 1 aliphatic heterocycles. The highest BCUT2D eigenvalue weighted by atomic mass is 16.5. The molecular weight excluding hydrogens is 338 g/mol. The first kappa shape index (κ1) is 17.0. The molecule has 0 spiro atoms. The van der Waals surface area contributed by atoms with Crippen LogP contribution in [0.25, 0.3) is 5.69 Å². The lowest BCUT2D eigenvalue weighted by molar-refractivity contribution is 0.0297. The molecule has 2 aromatic rings. The SMILES string of the molecule is CC1(C)[C@H]2CC[C@@]1(C)c1c2c(C(=O)N2CCOCC2)nn1-c1ccccc1. The van der Waals surface area contributed by atoms with Gasteiger partial charge in [0.25, 0.3) is 5.91 Å². The van der Waals surface area contributed by atoms with E-state index in [9.17, 15) is 4.79 Å². The summed E-state index contributed by atoms with van der Waals surface area (Å²) in [4.78, 5) is 15.3. The van der Waals surface area contributed by atoms with Crippen molar-refractivity contribution in [2.45, 2.75) is 44.9 Å². The monoisotopic (exact) mass is 365 g/mol. The van der Waals surface area contributed by atoms with Crippen molar-refractivity contribution in [3.8, 4) is 5.69 Å². The number of carbonyl (C=O) groups excluding carboxylic acids is 1. The number of nitrogens with zero attached hydrogens (tertiary/aromatic N) is 3. The van der Waals surface area contributed by atoms with Crippen molar-refractivity contribution >= 4 is 5.91 Å². The standard InChI is InChI=1S/C22H27N3O2/c1-21(2)16-9-10-22(21,3)19-17(16)18(20(26)24-11-13-27-14-12-24)23-25(19)15-7-5-4-6-8-15/h4-8,16H,9-14H2,1-3H3/t16-,22-/m0/s1. The van der Waals surface area contributed by atoms with Crippen molar-refractivity contribution < 1.29 is 9.53 Å². The Balaban J connectivity index is 1.70. The number of benzene rings is 1. The highest BCUT2D eigenvalue weighted by Gasteiger charge is 2.63. The Morgan fingerprint density at radius 3 is 2.56 bits per heavy atom. The van der Waals surface area contributed by atoms with Gasteiger partial charge in [0.1, 0.15) is 0 Å². The van der Waals surface area contributed by atoms with E-state index in [0.717, 1.165) is 18.5 Å². The molecule has 142 valence electrons. The summed E-state index contributed by atoms with van der Waals surface area (Å²) >= 11 is 0. The molecule has 5 heteroatoms. The van der Waals surface area contributed by atoms with Crippen molar-refractivity contribution in [2.24, 2.45) is 5.41 Å². The number of fused-ring (bicyclic) bond motifs is 5. The Bertz CT molecular complexity index is 896. The molecule has 0 radical (unpaired) electrons. The van der Waals surface area contributed by atoms with E-state index < -0.39 is 0 Å². The molecule has 0 unspecified atom stereocenters. The first-order valence-electron chi connectivity index (χ1n) is 10.0. The van der Waals surface area contributed by atoms with Gasteiger partial charge in [-0.2, -0.15) is 5.10 Å². The van der Waals surface area contributed by atoms with Gasteiger partial charge in [0, 0.05) is 24.1 Å². The van der Waals surface area contributed by atoms with Gasteiger partial charge in [0.2, 0.25) is 0 Å². The average molecular weight is 365 g/mol. The van der Waals surface area contributed by atoms with Crippen LogP contribution in [0.5, 0.6) is 0 Å². The second-order valence-corrected chi connectivity index (χ2v) is 8.91. The maximum absolute atomic E-state index is 13.4. The van der Waals surface area contributed by atoms with Gasteiger partial charge in [0.05, 0.1) is 24.6 Å². The quantitative estimate of drug-likeness (QED) is 0.818. The summed E-state index contributed by atoms with van der Waals surface area (Å²) in [6.45, 7) is 9.61. The molecule has 2 atom stereocenters. The third kappa shape index (κ3) is 2.15. The number of morpholine rings is 1. The van der Waals surface area contributed by atoms with Crippen LogP contribution >= 0.6 is 0 Å². The molecule has 0 N–H and O–H groups in total. The molecule has 2 fully saturated rings. The Hall–Kier alpha value is -2.14. The van der Waals surface area contributed by atoms with Crippen LogP contribution in [0.2, 0.25) is 0 Å². The molecule has 2 bridgehead atoms. The second-order valence-electron chi connectivity index (χ2n) is 8.91. The van der Waals surface area contributed by atoms with Gasteiger partial charge in [-0.1, -0.05) is 39.0 Å². The van der Waals surface area contributed by atoms with Crippen LogP contribution in [0.4, 0.5) is 0 Å². The molecule has 1 saturated heterocycles. The number of carbonyl (C=O) groups is 1. The van der Waals surface area contributed by atoms with Crippen LogP contribution in [0, 0.1) is 5.41 Å². The second kappa shape index (κ2) is 5.68. The number of amides is 1. The van der Waals surface area contributed by atoms with Gasteiger partial charge in [-0.15, -0.1) is 0 Å². The normalized spacial score (nSPS) is 28.4. The van der Waals surface area contributed by atoms with Gasteiger partial charge in [-0.25, -0.2) is 4.68 Å². The lowest BCUT2D eigenvalue weighted by atomic mass is 9.70. The molecule has 3 aliphatic rings. The van der Waals surface area contributed by atoms with Crippen molar-refractivity contribution in [3.63, 3.8) is 0 Å². The molecule has 2 heterocycles. The zero-order valence-electron chi connectivity index (χ0n) is 16.4. The Morgan fingerprint density at radius 1 is 1.15 bits per heavy atom. The minimum Gasteiger partial charge on any atom is -0.378 e. The number of ether oxygens (including phenoxy) is 1. The molecule has 5 nitrogen and oxygen atoms in total. The van der Waals surface area contributed by atoms with E-state index in [1.54, 1.807) is 0 Å². The molecule has 2 aliphatic carbocycles. The topological polar surface area (TPSA) is 47.4 Å². The summed E-state index contributed by atoms with van der Waals surface area (Å²) in [6.07, 6.45) is 2.29. The van der Waals surface area contributed by atoms with E-state index in [4.69, 9.17) is 9.84 Å². The van der Waals surface area contributed by atoms with E-state index in [0.29, 0.717) is 37.9 Å². The molecule has 1 saturated carbocycles. The Labute approximate surface area is 160 Å². The van der Waals surface area contributed by atoms with E-state index in [1.165, 1.54) is 11.3 Å². The minimum absolute atomic E-state index is 0.0411. The maximum atomic E-state index is 13.4. The predicted molar refractivity (Wildman–Crippen MR) is 103 cm³/mol. The molecule has 5 rings (SSSR count). The Kier molecular flexibility index (Phi) is 3.57. The largest absolute Gasteiger partial charge is 0.378 e. The van der Waals surface area contributed by atoms with E-state index >= 15 is 0 Å². The number of rotatable bonds is 2. The zero-order valence-corrected chi connectivity index (χ0v) is 16.4. The third-order valence-corrected chi connectivity index (χ3v) is 7.52. The lowest BCUT2D eigenvalue weighted by Crippen LogP contribution is -2.41. The van der Waals surface area contributed by atoms with Gasteiger partial charge >= 0.3 is 0 Å². The molecule has 1 aromatic carbocycles. The van der Waals surface area contributed by atoms with E-state index in [1.807, 2.05) is 23.1 Å². The van der Waals surface area contributed by atoms with Crippen LogP contribution in [0.1, 0.15) is 61.3 Å². The number of hydrogen-bond acceptors (Lipinski definition) is 3. The predicted octanol–water partition coefficient (Wildman–Crippen LogP) is 3.52. The summed E-state index contributed by atoms with van der Waals surface area (Å²) < 4.78 is 7.49. The Morgan fingerprint density at radius 2 is 1.85 bits per heavy atom. The molecule has 1 aromatic heterocycles. The van der Waals surface area contributed by atoms with Crippen molar-refractivity contribution in [1.29, 1.82) is 0 Å². The highest BCUT2D eigenvalue weighted by Crippen LogP contribution is 2.68. The lowest BCUT2D eigenvalue weighted by Gasteiger charge is -2.35. The fourth-order valence-electron chi connectivity index (χ4n) is 5.55. The minimum atomic E-state index is 0.0411. The van der Waals surface area contributed by atoms with Crippen LogP contribution in [0.15, 0.2) is 30.3 Å². The van der Waals surface area contributed by atoms with Crippen molar-refractivity contribution in [2.75, 3.05) is 26.3 Å². The number of hydrogen-bond donors (Lipinski definition) is 0. The van der Waals surface area contributed by atoms with Gasteiger partial charge in [-0.05, 0) is 36.3 Å². The summed E-state index contributed by atoms with van der Waals surface area (Å²) in [5.74, 6) is 0.464. The van der Waals surface area contributed by atoms with Crippen LogP contribution < -0.4 is 0 Å². The van der Waals surface area contributed by atoms with E-state index in [2.05, 4.69) is 37.6 Å². The van der Waals surface area contributed by atoms with Gasteiger partial charge < -0.3 is 9.64 Å². The third-order valence-electron chi connectivity index (χ3n) is 7.52. The smallest absolute Gasteiger partial charge is 0.274 e. The highest BCUT2D eigenvalue weighted by molar-refractivity contribution is 5.95. The van der Waals surface area contributed by atoms with Crippen molar-refractivity contribution in [3.05, 3.63) is 47.3 Å². The summed E-state index contributed by atoms with van der Waals surface area (Å²) in [5, 5.41) is 4.91. The summed E-state index contributed by atoms with van der Waals surface area (Å²) in [5.41, 5.74) is 4.34. The van der Waals surface area contributed by atoms with Crippen LogP contribution in [-0.2, 0) is 10.2 Å².